The van der Waals surface area contributed by atoms with Crippen molar-refractivity contribution >= 4 is 50.1 Å². The molecule has 1 unspecified atom stereocenters. The quantitative estimate of drug-likeness (QED) is 0.555. The molecule has 0 aliphatic carbocycles. The molecule has 74 valence electrons. The SMILES string of the molecule is O=C1Nc2ccc(Br)cc2CCC1I. The zero-order valence-corrected chi connectivity index (χ0v) is 11.1. The molecule has 1 aliphatic rings. The first-order valence-corrected chi connectivity index (χ1v) is 6.44. The van der Waals surface area contributed by atoms with E-state index in [2.05, 4.69) is 49.9 Å². The van der Waals surface area contributed by atoms with Gasteiger partial charge in [0.15, 0.2) is 0 Å². The van der Waals surface area contributed by atoms with Gasteiger partial charge in [-0.15, -0.1) is 0 Å². The molecule has 14 heavy (non-hydrogen) atoms. The Morgan fingerprint density at radius 2 is 2.29 bits per heavy atom. The first kappa shape index (κ1) is 10.4. The number of anilines is 1. The van der Waals surface area contributed by atoms with Gasteiger partial charge in [-0.05, 0) is 36.6 Å². The Hall–Kier alpha value is -0.100. The molecule has 1 amide bonds. The number of fused-ring (bicyclic) bond motifs is 1. The third kappa shape index (κ3) is 2.11. The Balaban J connectivity index is 2.37. The van der Waals surface area contributed by atoms with Crippen LogP contribution in [0.15, 0.2) is 22.7 Å². The second-order valence-corrected chi connectivity index (χ2v) is 5.72. The van der Waals surface area contributed by atoms with Crippen LogP contribution in [0.3, 0.4) is 0 Å². The smallest absolute Gasteiger partial charge is 0.237 e. The fraction of sp³-hybridized carbons (Fsp3) is 0.300. The molecular weight excluding hydrogens is 357 g/mol. The summed E-state index contributed by atoms with van der Waals surface area (Å²) < 4.78 is 1.15. The highest BCUT2D eigenvalue weighted by atomic mass is 127. The summed E-state index contributed by atoms with van der Waals surface area (Å²) in [5.41, 5.74) is 2.17. The first-order chi connectivity index (χ1) is 6.66. The minimum absolute atomic E-state index is 0.0822. The molecule has 0 fully saturated rings. The van der Waals surface area contributed by atoms with Gasteiger partial charge in [-0.25, -0.2) is 0 Å². The van der Waals surface area contributed by atoms with Gasteiger partial charge in [0.2, 0.25) is 5.91 Å². The molecule has 4 heteroatoms. The van der Waals surface area contributed by atoms with Crippen molar-refractivity contribution in [2.45, 2.75) is 16.8 Å². The average Bonchev–Trinajstić information content (AvgIpc) is 2.29. The van der Waals surface area contributed by atoms with Crippen molar-refractivity contribution in [3.63, 3.8) is 0 Å². The molecule has 1 aromatic rings. The fourth-order valence-electron chi connectivity index (χ4n) is 1.52. The second-order valence-electron chi connectivity index (χ2n) is 3.30. The third-order valence-corrected chi connectivity index (χ3v) is 3.96. The van der Waals surface area contributed by atoms with Crippen molar-refractivity contribution in [1.82, 2.24) is 0 Å². The summed E-state index contributed by atoms with van der Waals surface area (Å²) >= 11 is 5.62. The molecule has 0 saturated heterocycles. The van der Waals surface area contributed by atoms with Gasteiger partial charge < -0.3 is 5.32 Å². The maximum atomic E-state index is 11.5. The van der Waals surface area contributed by atoms with Crippen molar-refractivity contribution in [3.8, 4) is 0 Å². The molecule has 1 heterocycles. The highest BCUT2D eigenvalue weighted by Gasteiger charge is 2.20. The molecule has 1 aliphatic heterocycles. The minimum Gasteiger partial charge on any atom is -0.325 e. The Morgan fingerprint density at radius 1 is 1.50 bits per heavy atom. The number of carbonyl (C=O) groups is 1. The van der Waals surface area contributed by atoms with E-state index in [9.17, 15) is 4.79 Å². The number of carbonyl (C=O) groups excluding carboxylic acids is 1. The van der Waals surface area contributed by atoms with E-state index in [4.69, 9.17) is 0 Å². The van der Waals surface area contributed by atoms with Crippen LogP contribution in [0.5, 0.6) is 0 Å². The Labute approximate surface area is 105 Å². The number of nitrogens with one attached hydrogen (secondary N) is 1. The van der Waals surface area contributed by atoms with Crippen LogP contribution in [0.1, 0.15) is 12.0 Å². The molecule has 2 nitrogen and oxygen atoms in total. The van der Waals surface area contributed by atoms with Crippen LogP contribution in [-0.4, -0.2) is 9.83 Å². The molecule has 1 N–H and O–H groups in total. The largest absolute Gasteiger partial charge is 0.325 e. The standard InChI is InChI=1S/C10H9BrINO/c11-7-2-4-9-6(5-7)1-3-8(12)10(14)13-9/h2,4-5,8H,1,3H2,(H,13,14). The number of alkyl halides is 1. The maximum absolute atomic E-state index is 11.5. The summed E-state index contributed by atoms with van der Waals surface area (Å²) in [4.78, 5) is 11.5. The molecule has 0 saturated carbocycles. The lowest BCUT2D eigenvalue weighted by Crippen LogP contribution is -2.20. The van der Waals surface area contributed by atoms with Gasteiger partial charge in [0.05, 0.1) is 3.92 Å². The van der Waals surface area contributed by atoms with Crippen molar-refractivity contribution < 1.29 is 4.79 Å². The number of halogens is 2. The van der Waals surface area contributed by atoms with Gasteiger partial charge in [0.25, 0.3) is 0 Å². The summed E-state index contributed by atoms with van der Waals surface area (Å²) in [6, 6.07) is 5.98. The molecule has 0 radical (unpaired) electrons. The lowest BCUT2D eigenvalue weighted by Gasteiger charge is -2.06. The van der Waals surface area contributed by atoms with E-state index >= 15 is 0 Å². The van der Waals surface area contributed by atoms with Gasteiger partial charge in [0, 0.05) is 10.2 Å². The van der Waals surface area contributed by atoms with Crippen LogP contribution in [0.4, 0.5) is 5.69 Å². The third-order valence-electron chi connectivity index (χ3n) is 2.28. The van der Waals surface area contributed by atoms with Crippen molar-refractivity contribution in [2.24, 2.45) is 0 Å². The van der Waals surface area contributed by atoms with E-state index in [1.807, 2.05) is 12.1 Å². The van der Waals surface area contributed by atoms with E-state index in [1.54, 1.807) is 0 Å². The number of hydrogen-bond acceptors (Lipinski definition) is 1. The van der Waals surface area contributed by atoms with Crippen molar-refractivity contribution in [3.05, 3.63) is 28.2 Å². The van der Waals surface area contributed by atoms with Crippen LogP contribution < -0.4 is 5.32 Å². The van der Waals surface area contributed by atoms with Gasteiger partial charge in [-0.1, -0.05) is 38.5 Å². The number of aryl methyl sites for hydroxylation is 1. The van der Waals surface area contributed by atoms with Crippen molar-refractivity contribution in [1.29, 1.82) is 0 Å². The van der Waals surface area contributed by atoms with Crippen molar-refractivity contribution in [2.75, 3.05) is 5.32 Å². The molecule has 0 bridgehead atoms. The fourth-order valence-corrected chi connectivity index (χ4v) is 2.39. The number of benzene rings is 1. The summed E-state index contributed by atoms with van der Waals surface area (Å²) in [5, 5.41) is 2.93. The predicted molar refractivity (Wildman–Crippen MR) is 68.9 cm³/mol. The van der Waals surface area contributed by atoms with Crippen LogP contribution in [0.25, 0.3) is 0 Å². The van der Waals surface area contributed by atoms with Gasteiger partial charge in [-0.3, -0.25) is 4.79 Å². The van der Waals surface area contributed by atoms with E-state index in [-0.39, 0.29) is 9.83 Å². The average molecular weight is 366 g/mol. The lowest BCUT2D eigenvalue weighted by molar-refractivity contribution is -0.115. The molecule has 0 spiro atoms. The van der Waals surface area contributed by atoms with Crippen LogP contribution in [-0.2, 0) is 11.2 Å². The Kier molecular flexibility index (Phi) is 3.11. The number of amides is 1. The molecule has 1 aromatic carbocycles. The lowest BCUT2D eigenvalue weighted by atomic mass is 10.1. The van der Waals surface area contributed by atoms with Gasteiger partial charge >= 0.3 is 0 Å². The summed E-state index contributed by atoms with van der Waals surface area (Å²) in [6.45, 7) is 0. The van der Waals surface area contributed by atoms with Crippen LogP contribution in [0, 0.1) is 0 Å². The Morgan fingerprint density at radius 3 is 3.07 bits per heavy atom. The molecular formula is C10H9BrINO. The molecule has 2 rings (SSSR count). The van der Waals surface area contributed by atoms with Gasteiger partial charge in [0.1, 0.15) is 0 Å². The second kappa shape index (κ2) is 4.18. The highest BCUT2D eigenvalue weighted by molar-refractivity contribution is 14.1. The Bertz CT molecular complexity index is 380. The van der Waals surface area contributed by atoms with Crippen LogP contribution in [0.2, 0.25) is 0 Å². The zero-order chi connectivity index (χ0) is 10.1. The predicted octanol–water partition coefficient (Wildman–Crippen LogP) is 3.14. The number of rotatable bonds is 0. The molecule has 0 aromatic heterocycles. The van der Waals surface area contributed by atoms with Gasteiger partial charge in [-0.2, -0.15) is 0 Å². The van der Waals surface area contributed by atoms with E-state index in [0.29, 0.717) is 0 Å². The highest BCUT2D eigenvalue weighted by Crippen LogP contribution is 2.27. The maximum Gasteiger partial charge on any atom is 0.237 e. The van der Waals surface area contributed by atoms with Crippen LogP contribution >= 0.6 is 38.5 Å². The van der Waals surface area contributed by atoms with E-state index < -0.39 is 0 Å². The zero-order valence-electron chi connectivity index (χ0n) is 7.39. The first-order valence-electron chi connectivity index (χ1n) is 4.40. The number of hydrogen-bond donors (Lipinski definition) is 1. The molecule has 1 atom stereocenters. The minimum atomic E-state index is 0.0822. The normalized spacial score (nSPS) is 21.0. The monoisotopic (exact) mass is 365 g/mol. The summed E-state index contributed by atoms with van der Waals surface area (Å²) in [5.74, 6) is 0.117. The van der Waals surface area contributed by atoms with E-state index in [1.165, 1.54) is 5.56 Å². The van der Waals surface area contributed by atoms with E-state index in [0.717, 1.165) is 23.0 Å². The summed E-state index contributed by atoms with van der Waals surface area (Å²) in [7, 11) is 0. The topological polar surface area (TPSA) is 29.1 Å². The summed E-state index contributed by atoms with van der Waals surface area (Å²) in [6.07, 6.45) is 1.87.